The van der Waals surface area contributed by atoms with Crippen LogP contribution in [-0.2, 0) is 5.75 Å². The molecular formula is C17H11N3O3S. The van der Waals surface area contributed by atoms with Gasteiger partial charge in [-0.15, -0.1) is 0 Å². The van der Waals surface area contributed by atoms with Gasteiger partial charge >= 0.3 is 0 Å². The zero-order valence-corrected chi connectivity index (χ0v) is 13.2. The van der Waals surface area contributed by atoms with E-state index in [1.807, 2.05) is 24.3 Å². The number of para-hydroxylation sites is 1. The van der Waals surface area contributed by atoms with Crippen molar-refractivity contribution in [2.24, 2.45) is 0 Å². The first-order chi connectivity index (χ1) is 11.7. The molecule has 0 bridgehead atoms. The molecule has 118 valence electrons. The van der Waals surface area contributed by atoms with Crippen molar-refractivity contribution in [2.45, 2.75) is 10.8 Å². The summed E-state index contributed by atoms with van der Waals surface area (Å²) in [6, 6.07) is 14.3. The molecule has 0 aliphatic rings. The van der Waals surface area contributed by atoms with Gasteiger partial charge in [-0.2, -0.15) is 0 Å². The second-order valence-electron chi connectivity index (χ2n) is 5.17. The van der Waals surface area contributed by atoms with E-state index in [1.54, 1.807) is 12.1 Å². The first kappa shape index (κ1) is 14.6. The highest BCUT2D eigenvalue weighted by molar-refractivity contribution is 7.98. The SMILES string of the molecule is O=[N+]([O-])c1ccc(CSc2ncnc3c2oc2ccccc23)cc1. The Morgan fingerprint density at radius 2 is 1.88 bits per heavy atom. The normalized spacial score (nSPS) is 11.2. The van der Waals surface area contributed by atoms with Crippen LogP contribution >= 0.6 is 11.8 Å². The molecule has 0 fully saturated rings. The molecule has 2 aromatic carbocycles. The lowest BCUT2D eigenvalue weighted by atomic mass is 10.2. The van der Waals surface area contributed by atoms with Crippen molar-refractivity contribution < 1.29 is 9.34 Å². The predicted octanol–water partition coefficient (Wildman–Crippen LogP) is 4.58. The number of furan rings is 1. The highest BCUT2D eigenvalue weighted by Gasteiger charge is 2.13. The van der Waals surface area contributed by atoms with Crippen LogP contribution in [0.4, 0.5) is 5.69 Å². The number of nitrogens with zero attached hydrogens (tertiary/aromatic N) is 3. The lowest BCUT2D eigenvalue weighted by Gasteiger charge is -2.01. The summed E-state index contributed by atoms with van der Waals surface area (Å²) in [6.45, 7) is 0. The summed E-state index contributed by atoms with van der Waals surface area (Å²) < 4.78 is 5.89. The van der Waals surface area contributed by atoms with Crippen molar-refractivity contribution in [2.75, 3.05) is 0 Å². The fraction of sp³-hybridized carbons (Fsp3) is 0.0588. The van der Waals surface area contributed by atoms with Gasteiger partial charge in [0.25, 0.3) is 5.69 Å². The predicted molar refractivity (Wildman–Crippen MR) is 92.0 cm³/mol. The summed E-state index contributed by atoms with van der Waals surface area (Å²) in [5.74, 6) is 0.640. The molecule has 0 saturated heterocycles. The number of rotatable bonds is 4. The summed E-state index contributed by atoms with van der Waals surface area (Å²) in [5.41, 5.74) is 3.32. The molecular weight excluding hydrogens is 326 g/mol. The second-order valence-corrected chi connectivity index (χ2v) is 6.13. The van der Waals surface area contributed by atoms with Crippen molar-refractivity contribution >= 4 is 39.5 Å². The molecule has 0 atom stereocenters. The van der Waals surface area contributed by atoms with Gasteiger partial charge in [0, 0.05) is 23.3 Å². The van der Waals surface area contributed by atoms with Gasteiger partial charge in [0.05, 0.1) is 4.92 Å². The van der Waals surface area contributed by atoms with Gasteiger partial charge in [0.2, 0.25) is 0 Å². The number of nitro benzene ring substituents is 1. The zero-order valence-electron chi connectivity index (χ0n) is 12.4. The highest BCUT2D eigenvalue weighted by Crippen LogP contribution is 2.33. The molecule has 2 aromatic heterocycles. The van der Waals surface area contributed by atoms with E-state index in [1.165, 1.54) is 30.2 Å². The van der Waals surface area contributed by atoms with Gasteiger partial charge in [-0.1, -0.05) is 36.0 Å². The monoisotopic (exact) mass is 337 g/mol. The van der Waals surface area contributed by atoms with Crippen LogP contribution in [0.1, 0.15) is 5.56 Å². The van der Waals surface area contributed by atoms with E-state index >= 15 is 0 Å². The van der Waals surface area contributed by atoms with Crippen LogP contribution in [-0.4, -0.2) is 14.9 Å². The Kier molecular flexibility index (Phi) is 3.62. The molecule has 2 heterocycles. The third kappa shape index (κ3) is 2.59. The van der Waals surface area contributed by atoms with Crippen molar-refractivity contribution in [3.8, 4) is 0 Å². The number of non-ortho nitro benzene ring substituents is 1. The Labute approximate surface area is 140 Å². The first-order valence-electron chi connectivity index (χ1n) is 7.21. The van der Waals surface area contributed by atoms with Crippen molar-refractivity contribution in [3.05, 3.63) is 70.5 Å². The average Bonchev–Trinajstić information content (AvgIpc) is 2.99. The van der Waals surface area contributed by atoms with Gasteiger partial charge < -0.3 is 4.42 Å². The fourth-order valence-corrected chi connectivity index (χ4v) is 3.36. The lowest BCUT2D eigenvalue weighted by molar-refractivity contribution is -0.384. The number of aromatic nitrogens is 2. The second kappa shape index (κ2) is 5.93. The van der Waals surface area contributed by atoms with Crippen molar-refractivity contribution in [1.29, 1.82) is 0 Å². The number of fused-ring (bicyclic) bond motifs is 3. The molecule has 4 rings (SSSR count). The van der Waals surface area contributed by atoms with Crippen LogP contribution in [0.25, 0.3) is 22.1 Å². The highest BCUT2D eigenvalue weighted by atomic mass is 32.2. The molecule has 0 radical (unpaired) electrons. The van der Waals surface area contributed by atoms with Gasteiger partial charge in [0.1, 0.15) is 22.5 Å². The third-order valence-corrected chi connectivity index (χ3v) is 4.69. The average molecular weight is 337 g/mol. The van der Waals surface area contributed by atoms with E-state index < -0.39 is 4.92 Å². The van der Waals surface area contributed by atoms with Crippen LogP contribution in [0.2, 0.25) is 0 Å². The molecule has 0 N–H and O–H groups in total. The molecule has 7 heteroatoms. The summed E-state index contributed by atoms with van der Waals surface area (Å²) in [6.07, 6.45) is 1.53. The molecule has 24 heavy (non-hydrogen) atoms. The molecule has 0 aliphatic carbocycles. The maximum absolute atomic E-state index is 10.7. The number of benzene rings is 2. The molecule has 0 amide bonds. The maximum Gasteiger partial charge on any atom is 0.269 e. The summed E-state index contributed by atoms with van der Waals surface area (Å²) in [5, 5.41) is 12.4. The molecule has 6 nitrogen and oxygen atoms in total. The van der Waals surface area contributed by atoms with Crippen molar-refractivity contribution in [3.63, 3.8) is 0 Å². The van der Waals surface area contributed by atoms with Crippen LogP contribution in [0.3, 0.4) is 0 Å². The summed E-state index contributed by atoms with van der Waals surface area (Å²) in [7, 11) is 0. The first-order valence-corrected chi connectivity index (χ1v) is 8.19. The van der Waals surface area contributed by atoms with Crippen LogP contribution in [0, 0.1) is 10.1 Å². The fourth-order valence-electron chi connectivity index (χ4n) is 2.47. The maximum atomic E-state index is 10.7. The quantitative estimate of drug-likeness (QED) is 0.235. The van der Waals surface area contributed by atoms with Crippen LogP contribution < -0.4 is 0 Å². The number of hydrogen-bond acceptors (Lipinski definition) is 6. The van der Waals surface area contributed by atoms with E-state index in [9.17, 15) is 10.1 Å². The standard InChI is InChI=1S/C17H11N3O3S/c21-20(22)12-7-5-11(6-8-12)9-24-17-16-15(18-10-19-17)13-3-1-2-4-14(13)23-16/h1-8,10H,9H2. The van der Waals surface area contributed by atoms with Gasteiger partial charge in [-0.3, -0.25) is 10.1 Å². The largest absolute Gasteiger partial charge is 0.451 e. The van der Waals surface area contributed by atoms with Crippen LogP contribution in [0.5, 0.6) is 0 Å². The third-order valence-electron chi connectivity index (χ3n) is 3.65. The summed E-state index contributed by atoms with van der Waals surface area (Å²) in [4.78, 5) is 18.9. The topological polar surface area (TPSA) is 82.1 Å². The Hall–Kier alpha value is -2.93. The minimum absolute atomic E-state index is 0.0884. The molecule has 0 spiro atoms. The van der Waals surface area contributed by atoms with E-state index in [0.29, 0.717) is 11.3 Å². The minimum atomic E-state index is -0.403. The Balaban J connectivity index is 1.63. The molecule has 0 saturated carbocycles. The zero-order chi connectivity index (χ0) is 16.5. The number of nitro groups is 1. The lowest BCUT2D eigenvalue weighted by Crippen LogP contribution is -1.89. The molecule has 0 unspecified atom stereocenters. The van der Waals surface area contributed by atoms with E-state index in [4.69, 9.17) is 4.42 Å². The Morgan fingerprint density at radius 1 is 1.08 bits per heavy atom. The molecule has 4 aromatic rings. The number of thioether (sulfide) groups is 1. The smallest absolute Gasteiger partial charge is 0.269 e. The van der Waals surface area contributed by atoms with Crippen molar-refractivity contribution in [1.82, 2.24) is 9.97 Å². The van der Waals surface area contributed by atoms with Crippen LogP contribution in [0.15, 0.2) is 64.3 Å². The van der Waals surface area contributed by atoms with E-state index in [0.717, 1.165) is 27.1 Å². The summed E-state index contributed by atoms with van der Waals surface area (Å²) >= 11 is 1.52. The Morgan fingerprint density at radius 3 is 2.67 bits per heavy atom. The number of hydrogen-bond donors (Lipinski definition) is 0. The van der Waals surface area contributed by atoms with E-state index in [-0.39, 0.29) is 5.69 Å². The van der Waals surface area contributed by atoms with Gasteiger partial charge in [-0.05, 0) is 17.7 Å². The van der Waals surface area contributed by atoms with Gasteiger partial charge in [0.15, 0.2) is 5.58 Å². The molecule has 0 aliphatic heterocycles. The Bertz CT molecular complexity index is 1040. The van der Waals surface area contributed by atoms with Gasteiger partial charge in [-0.25, -0.2) is 9.97 Å². The minimum Gasteiger partial charge on any atom is -0.451 e. The van der Waals surface area contributed by atoms with E-state index in [2.05, 4.69) is 9.97 Å².